The lowest BCUT2D eigenvalue weighted by atomic mass is 10.3. The lowest BCUT2D eigenvalue weighted by molar-refractivity contribution is 0.0714. The fourth-order valence-electron chi connectivity index (χ4n) is 1.37. The van der Waals surface area contributed by atoms with Crippen LogP contribution in [0.2, 0.25) is 6.04 Å². The second-order valence-electron chi connectivity index (χ2n) is 3.44. The van der Waals surface area contributed by atoms with Crippen molar-refractivity contribution in [3.05, 3.63) is 12.2 Å². The average Bonchev–Trinajstić information content (AvgIpc) is 2.16. The third-order valence-corrected chi connectivity index (χ3v) is 5.00. The van der Waals surface area contributed by atoms with E-state index in [-0.39, 0.29) is 0 Å². The van der Waals surface area contributed by atoms with Gasteiger partial charge in [0.15, 0.2) is 0 Å². The molecule has 3 nitrogen and oxygen atoms in total. The predicted molar refractivity (Wildman–Crippen MR) is 64.9 cm³/mol. The van der Waals surface area contributed by atoms with Crippen LogP contribution in [0.4, 0.5) is 0 Å². The molecule has 0 radical (unpaired) electrons. The van der Waals surface area contributed by atoms with E-state index in [2.05, 4.69) is 6.58 Å². The second kappa shape index (κ2) is 8.04. The Morgan fingerprint density at radius 1 is 1.00 bits per heavy atom. The maximum absolute atomic E-state index is 5.71. The van der Waals surface area contributed by atoms with Crippen LogP contribution in [0.25, 0.3) is 0 Å². The summed E-state index contributed by atoms with van der Waals surface area (Å²) < 4.78 is 17.1. The van der Waals surface area contributed by atoms with Crippen LogP contribution in [-0.4, -0.2) is 28.6 Å². The molecule has 0 aromatic rings. The summed E-state index contributed by atoms with van der Waals surface area (Å²) in [4.78, 5) is 0. The molecule has 0 saturated carbocycles. The molecule has 0 unspecified atom stereocenters. The van der Waals surface area contributed by atoms with Crippen molar-refractivity contribution in [2.45, 2.75) is 40.2 Å². The van der Waals surface area contributed by atoms with E-state index < -0.39 is 8.80 Å². The van der Waals surface area contributed by atoms with E-state index in [0.717, 1.165) is 18.0 Å². The first kappa shape index (κ1) is 14.8. The van der Waals surface area contributed by atoms with Gasteiger partial charge in [-0.05, 0) is 34.1 Å². The minimum atomic E-state index is -2.42. The Labute approximate surface area is 94.8 Å². The molecule has 0 aliphatic rings. The summed E-state index contributed by atoms with van der Waals surface area (Å²) in [5, 5.41) is 0. The molecule has 15 heavy (non-hydrogen) atoms. The van der Waals surface area contributed by atoms with Crippen LogP contribution in [0, 0.1) is 0 Å². The van der Waals surface area contributed by atoms with E-state index in [1.165, 1.54) is 0 Å². The van der Waals surface area contributed by atoms with Crippen molar-refractivity contribution in [3.63, 3.8) is 0 Å². The highest BCUT2D eigenvalue weighted by atomic mass is 28.4. The van der Waals surface area contributed by atoms with Gasteiger partial charge in [-0.15, -0.1) is 6.58 Å². The molecule has 0 aromatic carbocycles. The molecule has 0 aromatic heterocycles. The van der Waals surface area contributed by atoms with Gasteiger partial charge in [-0.25, -0.2) is 0 Å². The first-order chi connectivity index (χ1) is 7.10. The second-order valence-corrected chi connectivity index (χ2v) is 6.17. The number of rotatable bonds is 9. The molecule has 0 atom stereocenters. The van der Waals surface area contributed by atoms with Crippen molar-refractivity contribution in [2.75, 3.05) is 19.8 Å². The van der Waals surface area contributed by atoms with Crippen molar-refractivity contribution in [3.8, 4) is 0 Å². The molecule has 0 aliphatic heterocycles. The Morgan fingerprint density at radius 2 is 1.40 bits per heavy atom. The number of allylic oxidation sites excluding steroid dienone is 1. The van der Waals surface area contributed by atoms with E-state index in [4.69, 9.17) is 13.3 Å². The molecule has 0 spiro atoms. The maximum atomic E-state index is 5.71. The molecule has 0 rings (SSSR count). The van der Waals surface area contributed by atoms with Crippen LogP contribution in [0.1, 0.15) is 34.1 Å². The Morgan fingerprint density at radius 3 is 1.67 bits per heavy atom. The van der Waals surface area contributed by atoms with E-state index in [0.29, 0.717) is 19.8 Å². The van der Waals surface area contributed by atoms with E-state index in [9.17, 15) is 0 Å². The number of hydrogen-bond acceptors (Lipinski definition) is 3. The molecule has 0 saturated heterocycles. The van der Waals surface area contributed by atoms with Gasteiger partial charge in [0.1, 0.15) is 0 Å². The first-order valence-corrected chi connectivity index (χ1v) is 7.59. The molecular formula is C11H24O3Si. The van der Waals surface area contributed by atoms with Crippen LogP contribution in [-0.2, 0) is 13.3 Å². The van der Waals surface area contributed by atoms with Crippen molar-refractivity contribution in [2.24, 2.45) is 0 Å². The predicted octanol–water partition coefficient (Wildman–Crippen LogP) is 3.00. The minimum absolute atomic E-state index is 0.641. The quantitative estimate of drug-likeness (QED) is 0.452. The average molecular weight is 232 g/mol. The fraction of sp³-hybridized carbons (Fsp3) is 0.818. The van der Waals surface area contributed by atoms with Gasteiger partial charge in [-0.1, -0.05) is 5.57 Å². The highest BCUT2D eigenvalue weighted by Crippen LogP contribution is 2.20. The largest absolute Gasteiger partial charge is 0.501 e. The molecule has 0 N–H and O–H groups in total. The van der Waals surface area contributed by atoms with Gasteiger partial charge in [0.2, 0.25) is 0 Å². The number of hydrogen-bond donors (Lipinski definition) is 0. The van der Waals surface area contributed by atoms with E-state index in [1.807, 2.05) is 27.7 Å². The minimum Gasteiger partial charge on any atom is -0.374 e. The monoisotopic (exact) mass is 232 g/mol. The summed E-state index contributed by atoms with van der Waals surface area (Å²) in [5.41, 5.74) is 1.14. The summed E-state index contributed by atoms with van der Waals surface area (Å²) in [6, 6.07) is 0.831. The maximum Gasteiger partial charge on any atom is 0.501 e. The summed E-state index contributed by atoms with van der Waals surface area (Å²) >= 11 is 0. The molecule has 0 fully saturated rings. The van der Waals surface area contributed by atoms with Crippen molar-refractivity contribution in [1.82, 2.24) is 0 Å². The van der Waals surface area contributed by atoms with Crippen molar-refractivity contribution >= 4 is 8.80 Å². The normalized spacial score (nSPS) is 11.7. The lowest BCUT2D eigenvalue weighted by Crippen LogP contribution is -2.45. The Hall–Kier alpha value is -0.163. The molecule has 0 aliphatic carbocycles. The SMILES string of the molecule is C=C(C)CC[Si](OCC)(OCC)OCC. The lowest BCUT2D eigenvalue weighted by Gasteiger charge is -2.28. The van der Waals surface area contributed by atoms with Crippen molar-refractivity contribution < 1.29 is 13.3 Å². The van der Waals surface area contributed by atoms with Crippen LogP contribution >= 0.6 is 0 Å². The molecule has 90 valence electrons. The van der Waals surface area contributed by atoms with E-state index >= 15 is 0 Å². The first-order valence-electron chi connectivity index (χ1n) is 5.66. The van der Waals surface area contributed by atoms with Gasteiger partial charge in [-0.3, -0.25) is 0 Å². The van der Waals surface area contributed by atoms with Crippen LogP contribution < -0.4 is 0 Å². The van der Waals surface area contributed by atoms with Gasteiger partial charge in [-0.2, -0.15) is 0 Å². The fourth-order valence-corrected chi connectivity index (χ4v) is 4.10. The molecule has 0 bridgehead atoms. The highest BCUT2D eigenvalue weighted by Gasteiger charge is 2.39. The van der Waals surface area contributed by atoms with Crippen LogP contribution in [0.15, 0.2) is 12.2 Å². The molecule has 4 heteroatoms. The van der Waals surface area contributed by atoms with Crippen LogP contribution in [0.3, 0.4) is 0 Å². The Bertz CT molecular complexity index is 166. The summed E-state index contributed by atoms with van der Waals surface area (Å²) in [5.74, 6) is 0. The van der Waals surface area contributed by atoms with Crippen LogP contribution in [0.5, 0.6) is 0 Å². The van der Waals surface area contributed by atoms with E-state index in [1.54, 1.807) is 0 Å². The van der Waals surface area contributed by atoms with Gasteiger partial charge in [0.05, 0.1) is 0 Å². The third-order valence-electron chi connectivity index (χ3n) is 1.95. The zero-order valence-electron chi connectivity index (χ0n) is 10.5. The van der Waals surface area contributed by atoms with Gasteiger partial charge >= 0.3 is 8.80 Å². The standard InChI is InChI=1S/C11H24O3Si/c1-6-12-15(13-7-2,14-8-3)10-9-11(4)5/h4,6-10H2,1-3,5H3. The zero-order valence-corrected chi connectivity index (χ0v) is 11.5. The zero-order chi connectivity index (χ0) is 11.7. The summed E-state index contributed by atoms with van der Waals surface area (Å²) in [6.45, 7) is 13.8. The topological polar surface area (TPSA) is 27.7 Å². The van der Waals surface area contributed by atoms with Crippen molar-refractivity contribution in [1.29, 1.82) is 0 Å². The Kier molecular flexibility index (Phi) is 7.96. The highest BCUT2D eigenvalue weighted by molar-refractivity contribution is 6.60. The van der Waals surface area contributed by atoms with Gasteiger partial charge in [0, 0.05) is 25.9 Å². The van der Waals surface area contributed by atoms with Gasteiger partial charge < -0.3 is 13.3 Å². The smallest absolute Gasteiger partial charge is 0.374 e. The summed E-state index contributed by atoms with van der Waals surface area (Å²) in [7, 11) is -2.42. The summed E-state index contributed by atoms with van der Waals surface area (Å²) in [6.07, 6.45) is 0.909. The van der Waals surface area contributed by atoms with Gasteiger partial charge in [0.25, 0.3) is 0 Å². The molecule has 0 heterocycles. The molecule has 0 amide bonds. The Balaban J connectivity index is 4.37. The third kappa shape index (κ3) is 6.09. The molecular weight excluding hydrogens is 208 g/mol.